The van der Waals surface area contributed by atoms with Crippen molar-refractivity contribution in [2.24, 2.45) is 0 Å². The van der Waals surface area contributed by atoms with Gasteiger partial charge in [-0.05, 0) is 131 Å². The molecule has 0 saturated carbocycles. The molecule has 0 aliphatic heterocycles. The van der Waals surface area contributed by atoms with Crippen LogP contribution in [0.3, 0.4) is 0 Å². The molecule has 0 atom stereocenters. The Morgan fingerprint density at radius 3 is 0.647 bits per heavy atom. The Bertz CT molecular complexity index is 8410. The van der Waals surface area contributed by atoms with Gasteiger partial charge in [-0.1, -0.05) is 364 Å². The molecule has 0 N–H and O–H groups in total. The molecule has 0 spiro atoms. The second-order valence-corrected chi connectivity index (χ2v) is 33.8. The zero-order valence-corrected chi connectivity index (χ0v) is 73.3. The molecule has 0 fully saturated rings. The zero-order chi connectivity index (χ0) is 89.9. The third-order valence-corrected chi connectivity index (χ3v) is 25.5. The van der Waals surface area contributed by atoms with Gasteiger partial charge < -0.3 is 9.13 Å². The molecule has 26 aromatic rings. The van der Waals surface area contributed by atoms with Crippen molar-refractivity contribution in [3.8, 4) is 159 Å². The molecule has 0 saturated heterocycles. The maximum Gasteiger partial charge on any atom is 0.164 e. The lowest BCUT2D eigenvalue weighted by molar-refractivity contribution is 1.07. The van der Waals surface area contributed by atoms with Crippen LogP contribution in [-0.4, -0.2) is 68.1 Å². The molecule has 0 aliphatic carbocycles. The molecule has 26 rings (SSSR count). The largest absolute Gasteiger partial charge is 0.309 e. The van der Waals surface area contributed by atoms with Crippen LogP contribution in [0.5, 0.6) is 0 Å². The monoisotopic (exact) mass is 1740 g/mol. The van der Waals surface area contributed by atoms with Crippen LogP contribution in [0.4, 0.5) is 0 Å². The van der Waals surface area contributed by atoms with E-state index in [4.69, 9.17) is 49.8 Å². The average Bonchev–Trinajstić information content (AvgIpc) is 1.57. The number of nitrogens with zero attached hydrogens (tertiary/aromatic N) is 14. The first-order chi connectivity index (χ1) is 67.4. The Morgan fingerprint density at radius 2 is 0.346 bits per heavy atom. The molecule has 8 heterocycles. The van der Waals surface area contributed by atoms with E-state index in [1.54, 1.807) is 0 Å². The minimum Gasteiger partial charge on any atom is -0.309 e. The summed E-state index contributed by atoms with van der Waals surface area (Å²) in [6, 6.07) is 164. The first-order valence-corrected chi connectivity index (χ1v) is 45.5. The van der Waals surface area contributed by atoms with Gasteiger partial charge in [0.25, 0.3) is 0 Å². The molecule has 136 heavy (non-hydrogen) atoms. The van der Waals surface area contributed by atoms with Crippen LogP contribution in [0.25, 0.3) is 246 Å². The highest BCUT2D eigenvalue weighted by atomic mass is 15.1. The number of hydrogen-bond acceptors (Lipinski definition) is 10. The van der Waals surface area contributed by atoms with Crippen molar-refractivity contribution in [3.05, 3.63) is 473 Å². The number of fused-ring (bicyclic) bond motifs is 12. The summed E-state index contributed by atoms with van der Waals surface area (Å²) in [6.07, 6.45) is 0. The topological polar surface area (TPSA) is 149 Å². The van der Waals surface area contributed by atoms with Crippen LogP contribution in [0.2, 0.25) is 0 Å². The maximum absolute atomic E-state index is 5.35. The van der Waals surface area contributed by atoms with E-state index < -0.39 is 0 Å². The standard InChI is InChI=1S/2C61H39N7/c2*1-6-19-40(20-7-1)56-55-51-39-45(34-36-54(51)68(47-28-14-5-15-29-47)61(55)66-57(62-56)41-21-8-2-9-22-41)44-33-35-53-50(38-44)49-31-16-17-32-52(49)67(53)48-30-18-27-46(37-48)60-64-58(42-23-10-3-11-24-42)63-59(65-60)43-25-12-4-13-26-43/h2*1-39H. The molecule has 0 radical (unpaired) electrons. The van der Waals surface area contributed by atoms with E-state index in [1.165, 1.54) is 10.8 Å². The fourth-order valence-electron chi connectivity index (χ4n) is 19.2. The van der Waals surface area contributed by atoms with E-state index in [2.05, 4.69) is 322 Å². The summed E-state index contributed by atoms with van der Waals surface area (Å²) in [5.41, 5.74) is 28.2. The van der Waals surface area contributed by atoms with Crippen molar-refractivity contribution in [3.63, 3.8) is 0 Å². The van der Waals surface area contributed by atoms with Gasteiger partial charge in [0, 0.05) is 111 Å². The summed E-state index contributed by atoms with van der Waals surface area (Å²) in [4.78, 5) is 51.4. The second kappa shape index (κ2) is 34.0. The molecular weight excluding hydrogens is 1660 g/mol. The van der Waals surface area contributed by atoms with Gasteiger partial charge in [0.1, 0.15) is 11.3 Å². The molecule has 14 heteroatoms. The lowest BCUT2D eigenvalue weighted by Gasteiger charge is -2.12. The van der Waals surface area contributed by atoms with E-state index in [0.717, 1.165) is 189 Å². The third-order valence-electron chi connectivity index (χ3n) is 25.5. The highest BCUT2D eigenvalue weighted by molar-refractivity contribution is 6.18. The van der Waals surface area contributed by atoms with Gasteiger partial charge in [0.05, 0.1) is 55.3 Å². The summed E-state index contributed by atoms with van der Waals surface area (Å²) in [5.74, 6) is 5.13. The molecule has 18 aromatic carbocycles. The summed E-state index contributed by atoms with van der Waals surface area (Å²) in [6.45, 7) is 0. The van der Waals surface area contributed by atoms with Gasteiger partial charge in [0.15, 0.2) is 46.6 Å². The molecule has 14 nitrogen and oxygen atoms in total. The first kappa shape index (κ1) is 79.5. The van der Waals surface area contributed by atoms with E-state index >= 15 is 0 Å². The normalized spacial score (nSPS) is 11.5. The van der Waals surface area contributed by atoms with Gasteiger partial charge in [0.2, 0.25) is 0 Å². The van der Waals surface area contributed by atoms with Crippen molar-refractivity contribution in [1.82, 2.24) is 68.1 Å². The molecule has 0 bridgehead atoms. The number of rotatable bonds is 16. The molecule has 8 aromatic heterocycles. The summed E-state index contributed by atoms with van der Waals surface area (Å²) in [7, 11) is 0. The van der Waals surface area contributed by atoms with Crippen LogP contribution in [-0.2, 0) is 0 Å². The van der Waals surface area contributed by atoms with E-state index in [-0.39, 0.29) is 0 Å². The Kier molecular flexibility index (Phi) is 19.9. The predicted octanol–water partition coefficient (Wildman–Crippen LogP) is 29.7. The smallest absolute Gasteiger partial charge is 0.164 e. The number of benzene rings is 18. The van der Waals surface area contributed by atoms with Gasteiger partial charge >= 0.3 is 0 Å². The molecule has 636 valence electrons. The van der Waals surface area contributed by atoms with Crippen LogP contribution in [0, 0.1) is 0 Å². The van der Waals surface area contributed by atoms with Crippen molar-refractivity contribution in [2.45, 2.75) is 0 Å². The SMILES string of the molecule is c1ccc(-c2nc(-c3ccccc3)nc(-c3cccc(-n4c5ccccc5c5cc(-c6ccc7c(c6)c6c(-c8ccccc8)nc(-c8ccccc8)nc6n7-c6ccccc6)ccc54)c3)n2)cc1.c1ccc(-c2nc(-c3ccccc3)nc(-c3cccc(-n4c5ccccc5c5cc(-c6ccc7c(c6)c6c(-c8ccccc8)nc(-c8ccccc8)nc6n7-c6ccccc6)ccc54)c3)n2)cc1. The van der Waals surface area contributed by atoms with Crippen molar-refractivity contribution in [1.29, 1.82) is 0 Å². The molecular formula is C122H78N14. The van der Waals surface area contributed by atoms with Crippen LogP contribution in [0.15, 0.2) is 473 Å². The number of hydrogen-bond donors (Lipinski definition) is 0. The quantitative estimate of drug-likeness (QED) is 0.0915. The van der Waals surface area contributed by atoms with E-state index in [0.29, 0.717) is 46.6 Å². The molecule has 0 unspecified atom stereocenters. The van der Waals surface area contributed by atoms with E-state index in [9.17, 15) is 0 Å². The summed E-state index contributed by atoms with van der Waals surface area (Å²) in [5, 5.41) is 8.86. The lowest BCUT2D eigenvalue weighted by atomic mass is 9.99. The minimum absolute atomic E-state index is 0.615. The van der Waals surface area contributed by atoms with Crippen LogP contribution in [0.1, 0.15) is 0 Å². The van der Waals surface area contributed by atoms with Gasteiger partial charge in [-0.15, -0.1) is 0 Å². The van der Waals surface area contributed by atoms with Gasteiger partial charge in [-0.2, -0.15) is 0 Å². The first-order valence-electron chi connectivity index (χ1n) is 45.5. The van der Waals surface area contributed by atoms with Gasteiger partial charge in [-0.3, -0.25) is 9.13 Å². The average molecular weight is 1740 g/mol. The second-order valence-electron chi connectivity index (χ2n) is 33.8. The van der Waals surface area contributed by atoms with Gasteiger partial charge in [-0.25, -0.2) is 49.8 Å². The molecule has 0 amide bonds. The Hall–Kier alpha value is -18.7. The summed E-state index contributed by atoms with van der Waals surface area (Å²) >= 11 is 0. The third kappa shape index (κ3) is 14.4. The summed E-state index contributed by atoms with van der Waals surface area (Å²) < 4.78 is 9.25. The highest BCUT2D eigenvalue weighted by Crippen LogP contribution is 2.46. The minimum atomic E-state index is 0.615. The Labute approximate surface area is 782 Å². The van der Waals surface area contributed by atoms with Crippen LogP contribution >= 0.6 is 0 Å². The fourth-order valence-corrected chi connectivity index (χ4v) is 19.2. The zero-order valence-electron chi connectivity index (χ0n) is 73.3. The van der Waals surface area contributed by atoms with Crippen molar-refractivity contribution >= 4 is 87.5 Å². The number of aromatic nitrogens is 14. The lowest BCUT2D eigenvalue weighted by Crippen LogP contribution is -2.01. The number of para-hydroxylation sites is 4. The Morgan fingerprint density at radius 1 is 0.125 bits per heavy atom. The highest BCUT2D eigenvalue weighted by Gasteiger charge is 2.27. The van der Waals surface area contributed by atoms with Crippen LogP contribution < -0.4 is 0 Å². The van der Waals surface area contributed by atoms with Crippen molar-refractivity contribution in [2.75, 3.05) is 0 Å². The van der Waals surface area contributed by atoms with E-state index in [1.807, 2.05) is 170 Å². The predicted molar refractivity (Wildman–Crippen MR) is 553 cm³/mol. The fraction of sp³-hybridized carbons (Fsp3) is 0. The Balaban J connectivity index is 0.000000145. The molecule has 0 aliphatic rings. The maximum atomic E-state index is 5.35. The van der Waals surface area contributed by atoms with Crippen molar-refractivity contribution < 1.29 is 0 Å².